The number of nitrogens with one attached hydrogen (secondary N) is 3. The summed E-state index contributed by atoms with van der Waals surface area (Å²) in [6, 6.07) is 37.1. The zero-order valence-corrected chi connectivity index (χ0v) is 29.8. The molecule has 4 aromatic carbocycles. The topological polar surface area (TPSA) is 145 Å². The summed E-state index contributed by atoms with van der Waals surface area (Å²) in [5.41, 5.74) is 3.47. The van der Waals surface area contributed by atoms with Gasteiger partial charge in [-0.1, -0.05) is 121 Å². The number of amides is 3. The number of ether oxygens (including phenoxy) is 4. The normalized spacial score (nSPS) is 11.2. The van der Waals surface area contributed by atoms with Crippen LogP contribution >= 0.6 is 0 Å². The number of esters is 1. The first-order valence-electron chi connectivity index (χ1n) is 17.7. The van der Waals surface area contributed by atoms with Crippen LogP contribution in [0.3, 0.4) is 0 Å². The van der Waals surface area contributed by atoms with Crippen molar-refractivity contribution in [3.63, 3.8) is 0 Å². The monoisotopic (exact) mass is 724 g/mol. The highest BCUT2D eigenvalue weighted by atomic mass is 16.6. The Kier molecular flexibility index (Phi) is 17.7. The van der Waals surface area contributed by atoms with Crippen LogP contribution < -0.4 is 16.0 Å². The second kappa shape index (κ2) is 23.6. The van der Waals surface area contributed by atoms with Crippen LogP contribution in [0, 0.1) is 0 Å². The largest absolute Gasteiger partial charge is 0.461 e. The molecule has 0 spiro atoms. The fourth-order valence-corrected chi connectivity index (χ4v) is 5.23. The van der Waals surface area contributed by atoms with Gasteiger partial charge in [0.05, 0.1) is 0 Å². The van der Waals surface area contributed by atoms with E-state index in [4.69, 9.17) is 18.9 Å². The highest BCUT2D eigenvalue weighted by Gasteiger charge is 2.19. The maximum Gasteiger partial charge on any atom is 0.407 e. The molecule has 3 amide bonds. The molecule has 0 saturated heterocycles. The molecule has 53 heavy (non-hydrogen) atoms. The maximum atomic E-state index is 13.0. The Balaban J connectivity index is 1.33. The first-order chi connectivity index (χ1) is 25.9. The lowest BCUT2D eigenvalue weighted by atomic mass is 10.1. The number of alkyl carbamates (subject to hydrolysis) is 3. The summed E-state index contributed by atoms with van der Waals surface area (Å²) in [5, 5.41) is 8.49. The first kappa shape index (κ1) is 39.9. The minimum Gasteiger partial charge on any atom is -0.461 e. The zero-order chi connectivity index (χ0) is 37.4. The zero-order valence-electron chi connectivity index (χ0n) is 29.8. The van der Waals surface area contributed by atoms with Crippen LogP contribution in [0.25, 0.3) is 0 Å². The summed E-state index contributed by atoms with van der Waals surface area (Å²) in [6.45, 7) is 2.11. The highest BCUT2D eigenvalue weighted by Crippen LogP contribution is 2.09. The van der Waals surface area contributed by atoms with E-state index in [9.17, 15) is 19.2 Å². The Morgan fingerprint density at radius 3 is 1.30 bits per heavy atom. The molecule has 0 aromatic heterocycles. The second-order valence-corrected chi connectivity index (χ2v) is 12.2. The van der Waals surface area contributed by atoms with E-state index in [1.165, 1.54) is 0 Å². The lowest BCUT2D eigenvalue weighted by Gasteiger charge is -2.28. The molecule has 0 saturated carbocycles. The first-order valence-corrected chi connectivity index (χ1v) is 17.7. The van der Waals surface area contributed by atoms with E-state index < -0.39 is 24.3 Å². The fourth-order valence-electron chi connectivity index (χ4n) is 5.23. The van der Waals surface area contributed by atoms with Gasteiger partial charge in [0.25, 0.3) is 0 Å². The summed E-state index contributed by atoms with van der Waals surface area (Å²) < 4.78 is 21.6. The van der Waals surface area contributed by atoms with Crippen molar-refractivity contribution in [2.75, 3.05) is 32.7 Å². The quantitative estimate of drug-likeness (QED) is 0.0662. The van der Waals surface area contributed by atoms with Crippen molar-refractivity contribution in [3.8, 4) is 0 Å². The van der Waals surface area contributed by atoms with Crippen molar-refractivity contribution in [1.82, 2.24) is 20.9 Å². The van der Waals surface area contributed by atoms with Crippen molar-refractivity contribution < 1.29 is 38.1 Å². The second-order valence-electron chi connectivity index (χ2n) is 12.2. The van der Waals surface area contributed by atoms with Gasteiger partial charge in [-0.25, -0.2) is 14.4 Å². The van der Waals surface area contributed by atoms with Gasteiger partial charge in [-0.15, -0.1) is 0 Å². The summed E-state index contributed by atoms with van der Waals surface area (Å²) in [4.78, 5) is 52.4. The third-order valence-corrected chi connectivity index (χ3v) is 8.01. The minimum absolute atomic E-state index is 0.0962. The number of benzene rings is 4. The van der Waals surface area contributed by atoms with Gasteiger partial charge < -0.3 is 34.9 Å². The van der Waals surface area contributed by atoms with Crippen molar-refractivity contribution in [2.45, 2.75) is 51.7 Å². The molecule has 1 unspecified atom stereocenters. The van der Waals surface area contributed by atoms with Gasteiger partial charge in [-0.3, -0.25) is 9.69 Å². The third kappa shape index (κ3) is 17.3. The fraction of sp³-hybridized carbons (Fsp3) is 0.317. The summed E-state index contributed by atoms with van der Waals surface area (Å²) in [6.07, 6.45) is -0.687. The van der Waals surface area contributed by atoms with Crippen LogP contribution in [0.1, 0.15) is 41.5 Å². The molecular formula is C41H48N4O8. The maximum absolute atomic E-state index is 13.0. The molecule has 1 atom stereocenters. The smallest absolute Gasteiger partial charge is 0.407 e. The van der Waals surface area contributed by atoms with E-state index in [-0.39, 0.29) is 51.9 Å². The van der Waals surface area contributed by atoms with Crippen LogP contribution in [0.4, 0.5) is 14.4 Å². The van der Waals surface area contributed by atoms with E-state index >= 15 is 0 Å². The SMILES string of the molecule is O=C(CCCC(CN(CCNC(=O)OCc1ccccc1)CCNC(=O)OCc1ccccc1)NC(=O)OCc1ccccc1)OCc1ccccc1. The molecule has 4 aromatic rings. The van der Waals surface area contributed by atoms with Gasteiger partial charge >= 0.3 is 24.2 Å². The molecule has 0 fully saturated rings. The molecule has 3 N–H and O–H groups in total. The van der Waals surface area contributed by atoms with Crippen LogP contribution in [-0.4, -0.2) is 67.9 Å². The van der Waals surface area contributed by atoms with E-state index in [1.54, 1.807) is 0 Å². The molecular weight excluding hydrogens is 676 g/mol. The summed E-state index contributed by atoms with van der Waals surface area (Å²) >= 11 is 0. The van der Waals surface area contributed by atoms with E-state index in [1.807, 2.05) is 126 Å². The van der Waals surface area contributed by atoms with Crippen LogP contribution in [0.2, 0.25) is 0 Å². The van der Waals surface area contributed by atoms with Crippen molar-refractivity contribution in [2.24, 2.45) is 0 Å². The van der Waals surface area contributed by atoms with E-state index in [2.05, 4.69) is 16.0 Å². The van der Waals surface area contributed by atoms with Gasteiger partial charge in [0, 0.05) is 45.2 Å². The Bertz CT molecular complexity index is 1580. The highest BCUT2D eigenvalue weighted by molar-refractivity contribution is 5.69. The Morgan fingerprint density at radius 1 is 0.509 bits per heavy atom. The summed E-state index contributed by atoms with van der Waals surface area (Å²) in [5.74, 6) is -0.340. The van der Waals surface area contributed by atoms with Gasteiger partial charge in [-0.05, 0) is 35.1 Å². The van der Waals surface area contributed by atoms with Crippen molar-refractivity contribution in [3.05, 3.63) is 144 Å². The Labute approximate surface area is 310 Å². The average molecular weight is 725 g/mol. The number of hydrogen-bond acceptors (Lipinski definition) is 9. The number of hydrogen-bond donors (Lipinski definition) is 3. The van der Waals surface area contributed by atoms with E-state index in [0.29, 0.717) is 32.5 Å². The molecule has 0 aliphatic rings. The number of carbonyl (C=O) groups is 4. The lowest BCUT2D eigenvalue weighted by Crippen LogP contribution is -2.48. The van der Waals surface area contributed by atoms with Gasteiger partial charge in [-0.2, -0.15) is 0 Å². The van der Waals surface area contributed by atoms with Gasteiger partial charge in [0.1, 0.15) is 26.4 Å². The van der Waals surface area contributed by atoms with Crippen LogP contribution in [0.15, 0.2) is 121 Å². The standard InChI is InChI=1S/C41H48N4O8/c46-38(50-29-33-14-5-1-6-15-33)23-13-22-37(44-41(49)53-32-36-20-11-4-12-21-36)28-45(26-24-42-39(47)51-30-34-16-7-2-8-17-34)27-25-43-40(48)52-31-35-18-9-3-10-19-35/h1-12,14-21,37H,13,22-32H2,(H,42,47)(H,43,48)(H,44,49). The molecule has 0 radical (unpaired) electrons. The Hall–Kier alpha value is -5.88. The summed E-state index contributed by atoms with van der Waals surface area (Å²) in [7, 11) is 0. The molecule has 0 bridgehead atoms. The third-order valence-electron chi connectivity index (χ3n) is 8.01. The molecule has 280 valence electrons. The van der Waals surface area contributed by atoms with Crippen molar-refractivity contribution >= 4 is 24.2 Å². The van der Waals surface area contributed by atoms with Gasteiger partial charge in [0.2, 0.25) is 0 Å². The molecule has 12 nitrogen and oxygen atoms in total. The molecule has 0 heterocycles. The number of nitrogens with zero attached hydrogens (tertiary/aromatic N) is 1. The van der Waals surface area contributed by atoms with Crippen molar-refractivity contribution in [1.29, 1.82) is 0 Å². The molecule has 12 heteroatoms. The Morgan fingerprint density at radius 2 is 0.887 bits per heavy atom. The molecule has 0 aliphatic heterocycles. The van der Waals surface area contributed by atoms with E-state index in [0.717, 1.165) is 22.3 Å². The predicted molar refractivity (Wildman–Crippen MR) is 199 cm³/mol. The van der Waals surface area contributed by atoms with Crippen LogP contribution in [-0.2, 0) is 50.2 Å². The minimum atomic E-state index is -0.601. The average Bonchev–Trinajstić information content (AvgIpc) is 3.19. The number of rotatable bonds is 21. The lowest BCUT2D eigenvalue weighted by molar-refractivity contribution is -0.145. The number of carbonyl (C=O) groups excluding carboxylic acids is 4. The van der Waals surface area contributed by atoms with Gasteiger partial charge in [0.15, 0.2) is 0 Å². The molecule has 0 aliphatic carbocycles. The molecule has 4 rings (SSSR count). The van der Waals surface area contributed by atoms with Crippen LogP contribution in [0.5, 0.6) is 0 Å². The predicted octanol–water partition coefficient (Wildman–Crippen LogP) is 6.35.